The largest absolute Gasteiger partial charge is 0.494 e. The number of hydrogen-bond acceptors (Lipinski definition) is 2. The molecule has 0 atom stereocenters. The van der Waals surface area contributed by atoms with E-state index in [0.29, 0.717) is 0 Å². The number of fused-ring (bicyclic) bond motifs is 7. The summed E-state index contributed by atoms with van der Waals surface area (Å²) in [6.45, 7) is 8.38. The Labute approximate surface area is 276 Å². The second-order valence-corrected chi connectivity index (χ2v) is 14.0. The lowest BCUT2D eigenvalue weighted by Crippen LogP contribution is -2.41. The van der Waals surface area contributed by atoms with Crippen LogP contribution in [-0.2, 0) is 15.7 Å². The van der Waals surface area contributed by atoms with Crippen LogP contribution in [0.1, 0.15) is 45.2 Å². The fourth-order valence-corrected chi connectivity index (χ4v) is 7.49. The van der Waals surface area contributed by atoms with Gasteiger partial charge in [-0.1, -0.05) is 72.8 Å². The molecule has 230 valence electrons. The van der Waals surface area contributed by atoms with Gasteiger partial charge in [0.05, 0.1) is 27.8 Å². The molecule has 0 saturated carbocycles. The van der Waals surface area contributed by atoms with E-state index in [1.54, 1.807) is 0 Å². The molecule has 1 saturated heterocycles. The zero-order valence-electron chi connectivity index (χ0n) is 27.3. The van der Waals surface area contributed by atoms with Crippen molar-refractivity contribution in [1.29, 1.82) is 0 Å². The smallest absolute Gasteiger partial charge is 0.399 e. The minimum atomic E-state index is -0.373. The number of rotatable bonds is 4. The first-order valence-electron chi connectivity index (χ1n) is 16.7. The minimum Gasteiger partial charge on any atom is -0.399 e. The molecule has 0 unspecified atom stereocenters. The van der Waals surface area contributed by atoms with Gasteiger partial charge in [0.2, 0.25) is 0 Å². The van der Waals surface area contributed by atoms with Crippen molar-refractivity contribution in [3.8, 4) is 22.5 Å². The molecule has 0 N–H and O–H groups in total. The third-order valence-electron chi connectivity index (χ3n) is 10.7. The van der Waals surface area contributed by atoms with Crippen molar-refractivity contribution in [2.75, 3.05) is 0 Å². The van der Waals surface area contributed by atoms with Gasteiger partial charge in [-0.25, -0.2) is 0 Å². The highest BCUT2D eigenvalue weighted by Crippen LogP contribution is 2.42. The third-order valence-corrected chi connectivity index (χ3v) is 10.7. The van der Waals surface area contributed by atoms with E-state index in [-0.39, 0.29) is 18.3 Å². The van der Waals surface area contributed by atoms with Gasteiger partial charge in [-0.05, 0) is 117 Å². The lowest BCUT2D eigenvalue weighted by atomic mass is 9.79. The number of allylic oxidation sites excluding steroid dienone is 1. The van der Waals surface area contributed by atoms with Gasteiger partial charge in [-0.2, -0.15) is 0 Å². The fourth-order valence-electron chi connectivity index (χ4n) is 7.49. The van der Waals surface area contributed by atoms with Crippen molar-refractivity contribution in [2.45, 2.75) is 51.7 Å². The van der Waals surface area contributed by atoms with E-state index in [1.165, 1.54) is 60.6 Å². The number of aryl methyl sites for hydroxylation is 1. The third kappa shape index (κ3) is 4.37. The summed E-state index contributed by atoms with van der Waals surface area (Å²) in [5.41, 5.74) is 11.5. The highest BCUT2D eigenvalue weighted by atomic mass is 16.7. The maximum Gasteiger partial charge on any atom is 0.494 e. The molecule has 1 fully saturated rings. The second-order valence-electron chi connectivity index (χ2n) is 14.0. The molecule has 1 aliphatic heterocycles. The Kier molecular flexibility index (Phi) is 6.24. The summed E-state index contributed by atoms with van der Waals surface area (Å²) in [5.74, 6) is 0. The van der Waals surface area contributed by atoms with E-state index >= 15 is 0 Å². The van der Waals surface area contributed by atoms with Crippen LogP contribution in [0.4, 0.5) is 0 Å². The summed E-state index contributed by atoms with van der Waals surface area (Å²) in [7, 11) is -0.373. The minimum absolute atomic E-state index is 0.366. The first-order valence-corrected chi connectivity index (χ1v) is 16.7. The summed E-state index contributed by atoms with van der Waals surface area (Å²) in [6, 6.07) is 39.7. The Balaban J connectivity index is 1.21. The first-order chi connectivity index (χ1) is 22.8. The number of aromatic nitrogens is 2. The quantitative estimate of drug-likeness (QED) is 0.185. The maximum absolute atomic E-state index is 6.32. The summed E-state index contributed by atoms with van der Waals surface area (Å²) < 4.78 is 17.4. The molecule has 5 heteroatoms. The number of benzene rings is 5. The average molecular weight is 613 g/mol. The molecule has 4 nitrogen and oxygen atoms in total. The Hall–Kier alpha value is -4.84. The van der Waals surface area contributed by atoms with E-state index in [0.717, 1.165) is 24.0 Å². The van der Waals surface area contributed by atoms with Crippen LogP contribution < -0.4 is 5.46 Å². The van der Waals surface area contributed by atoms with Crippen LogP contribution in [0.2, 0.25) is 0 Å². The molecular formula is C42H37BN2O2. The zero-order chi connectivity index (χ0) is 31.9. The van der Waals surface area contributed by atoms with Gasteiger partial charge in [0, 0.05) is 33.7 Å². The van der Waals surface area contributed by atoms with Gasteiger partial charge in [0.1, 0.15) is 0 Å². The van der Waals surface area contributed by atoms with Crippen LogP contribution in [0.5, 0.6) is 0 Å². The van der Waals surface area contributed by atoms with E-state index < -0.39 is 0 Å². The predicted octanol–water partition coefficient (Wildman–Crippen LogP) is 9.65. The van der Waals surface area contributed by atoms with Crippen molar-refractivity contribution >= 4 is 51.4 Å². The van der Waals surface area contributed by atoms with Crippen molar-refractivity contribution < 1.29 is 9.31 Å². The predicted molar refractivity (Wildman–Crippen MR) is 196 cm³/mol. The molecular weight excluding hydrogens is 575 g/mol. The van der Waals surface area contributed by atoms with Crippen molar-refractivity contribution in [3.63, 3.8) is 0 Å². The molecule has 5 aromatic carbocycles. The van der Waals surface area contributed by atoms with Gasteiger partial charge in [-0.3, -0.25) is 0 Å². The van der Waals surface area contributed by atoms with Gasteiger partial charge < -0.3 is 18.4 Å². The molecule has 0 amide bonds. The normalized spacial score (nSPS) is 16.8. The molecule has 3 heterocycles. The van der Waals surface area contributed by atoms with Crippen LogP contribution in [0, 0.1) is 0 Å². The SMILES string of the molecule is CC1(C)OB(c2ccc(-n3ccc4c5c6c7c(ccc6n(-c6cccc(-c8ccccc8)c6)c5ccc43)C=CCC7)cc2)OC1(C)C. The lowest BCUT2D eigenvalue weighted by Gasteiger charge is -2.32. The molecule has 9 rings (SSSR count). The Morgan fingerprint density at radius 3 is 2.13 bits per heavy atom. The molecule has 2 aliphatic rings. The van der Waals surface area contributed by atoms with E-state index in [4.69, 9.17) is 9.31 Å². The molecule has 7 aromatic rings. The number of nitrogens with zero attached hydrogens (tertiary/aromatic N) is 2. The van der Waals surface area contributed by atoms with Gasteiger partial charge in [-0.15, -0.1) is 0 Å². The van der Waals surface area contributed by atoms with Gasteiger partial charge in [0.25, 0.3) is 0 Å². The lowest BCUT2D eigenvalue weighted by molar-refractivity contribution is 0.00578. The summed E-state index contributed by atoms with van der Waals surface area (Å²) in [5, 5.41) is 3.96. The Bertz CT molecular complexity index is 2340. The van der Waals surface area contributed by atoms with Gasteiger partial charge in [0.15, 0.2) is 0 Å². The molecule has 0 spiro atoms. The molecule has 0 bridgehead atoms. The zero-order valence-corrected chi connectivity index (χ0v) is 27.3. The summed E-state index contributed by atoms with van der Waals surface area (Å²) >= 11 is 0. The van der Waals surface area contributed by atoms with Crippen LogP contribution in [0.25, 0.3) is 61.3 Å². The fraction of sp³-hybridized carbons (Fsp3) is 0.190. The molecule has 2 aromatic heterocycles. The van der Waals surface area contributed by atoms with Crippen molar-refractivity contribution in [2.24, 2.45) is 0 Å². The van der Waals surface area contributed by atoms with E-state index in [1.807, 2.05) is 0 Å². The van der Waals surface area contributed by atoms with Crippen LogP contribution in [0.15, 0.2) is 121 Å². The van der Waals surface area contributed by atoms with Gasteiger partial charge >= 0.3 is 7.12 Å². The molecule has 0 radical (unpaired) electrons. The monoisotopic (exact) mass is 612 g/mol. The second kappa shape index (κ2) is 10.3. The highest BCUT2D eigenvalue weighted by molar-refractivity contribution is 6.62. The van der Waals surface area contributed by atoms with Crippen LogP contribution in [0.3, 0.4) is 0 Å². The molecule has 47 heavy (non-hydrogen) atoms. The van der Waals surface area contributed by atoms with E-state index in [2.05, 4.69) is 164 Å². The first kappa shape index (κ1) is 28.4. The van der Waals surface area contributed by atoms with Crippen molar-refractivity contribution in [1.82, 2.24) is 9.13 Å². The van der Waals surface area contributed by atoms with Crippen LogP contribution >= 0.6 is 0 Å². The average Bonchev–Trinajstić information content (AvgIpc) is 3.74. The Morgan fingerprint density at radius 2 is 1.34 bits per heavy atom. The highest BCUT2D eigenvalue weighted by Gasteiger charge is 2.51. The standard InChI is InChI=1S/C42H37BN2O2/c1-41(2)42(3,4)47-43(46-41)31-18-20-32(21-19-31)44-26-25-35-36(44)23-24-38-40(35)39-34-16-9-8-13-29(34)17-22-37(39)45(38)33-15-10-14-30(27-33)28-11-6-5-7-12-28/h5-8,10-15,17-27H,9,16H2,1-4H3. The summed E-state index contributed by atoms with van der Waals surface area (Å²) in [6.07, 6.45) is 8.92. The topological polar surface area (TPSA) is 28.3 Å². The van der Waals surface area contributed by atoms with Crippen molar-refractivity contribution in [3.05, 3.63) is 133 Å². The molecule has 1 aliphatic carbocycles. The number of hydrogen-bond donors (Lipinski definition) is 0. The Morgan fingerprint density at radius 1 is 0.638 bits per heavy atom. The van der Waals surface area contributed by atoms with E-state index in [9.17, 15) is 0 Å². The maximum atomic E-state index is 6.32. The summed E-state index contributed by atoms with van der Waals surface area (Å²) in [4.78, 5) is 0. The van der Waals surface area contributed by atoms with Crippen LogP contribution in [-0.4, -0.2) is 27.5 Å².